The molecular formula is C10H13Br. The molecule has 0 bridgehead atoms. The highest BCUT2D eigenvalue weighted by Crippen LogP contribution is 2.26. The van der Waals surface area contributed by atoms with Crippen LogP contribution < -0.4 is 0 Å². The van der Waals surface area contributed by atoms with Gasteiger partial charge in [-0.3, -0.25) is 0 Å². The maximum atomic E-state index is 3.65. The topological polar surface area (TPSA) is 0 Å². The molecule has 1 atom stereocenters. The van der Waals surface area contributed by atoms with Gasteiger partial charge in [0.05, 0.1) is 0 Å². The van der Waals surface area contributed by atoms with Crippen LogP contribution in [-0.4, -0.2) is 0 Å². The number of hydrogen-bond acceptors (Lipinski definition) is 0. The molecule has 0 radical (unpaired) electrons. The molecule has 1 heteroatoms. The van der Waals surface area contributed by atoms with Crippen molar-refractivity contribution in [3.63, 3.8) is 0 Å². The summed E-state index contributed by atoms with van der Waals surface area (Å²) in [4.78, 5) is 0.536. The van der Waals surface area contributed by atoms with Gasteiger partial charge in [0.25, 0.3) is 0 Å². The molecule has 0 amide bonds. The van der Waals surface area contributed by atoms with Gasteiger partial charge in [-0.15, -0.1) is 0 Å². The molecule has 0 aliphatic rings. The number of rotatable bonds is 3. The molecule has 0 aliphatic carbocycles. The lowest BCUT2D eigenvalue weighted by Gasteiger charge is -2.07. The number of hydrogen-bond donors (Lipinski definition) is 0. The van der Waals surface area contributed by atoms with Gasteiger partial charge < -0.3 is 0 Å². The predicted molar refractivity (Wildman–Crippen MR) is 53.0 cm³/mol. The van der Waals surface area contributed by atoms with Crippen LogP contribution in [0.15, 0.2) is 30.3 Å². The second kappa shape index (κ2) is 4.55. The van der Waals surface area contributed by atoms with Crippen molar-refractivity contribution >= 4 is 15.9 Å². The van der Waals surface area contributed by atoms with E-state index in [2.05, 4.69) is 53.2 Å². The maximum absolute atomic E-state index is 3.65. The summed E-state index contributed by atoms with van der Waals surface area (Å²) in [5.41, 5.74) is 1.38. The van der Waals surface area contributed by atoms with Crippen molar-refractivity contribution in [2.75, 3.05) is 0 Å². The molecule has 0 spiro atoms. The molecule has 0 saturated carbocycles. The van der Waals surface area contributed by atoms with Crippen molar-refractivity contribution in [3.8, 4) is 0 Å². The van der Waals surface area contributed by atoms with Gasteiger partial charge in [0, 0.05) is 4.83 Å². The SMILES string of the molecule is CCCC(Br)c1ccccc1. The zero-order valence-corrected chi connectivity index (χ0v) is 8.34. The molecular weight excluding hydrogens is 200 g/mol. The molecule has 0 aromatic heterocycles. The van der Waals surface area contributed by atoms with E-state index in [-0.39, 0.29) is 0 Å². The lowest BCUT2D eigenvalue weighted by atomic mass is 10.1. The number of halogens is 1. The van der Waals surface area contributed by atoms with Crippen LogP contribution in [-0.2, 0) is 0 Å². The van der Waals surface area contributed by atoms with Gasteiger partial charge in [0.1, 0.15) is 0 Å². The fraction of sp³-hybridized carbons (Fsp3) is 0.400. The summed E-state index contributed by atoms with van der Waals surface area (Å²) < 4.78 is 0. The summed E-state index contributed by atoms with van der Waals surface area (Å²) in [6, 6.07) is 10.5. The zero-order chi connectivity index (χ0) is 8.10. The van der Waals surface area contributed by atoms with Gasteiger partial charge in [-0.2, -0.15) is 0 Å². The van der Waals surface area contributed by atoms with E-state index >= 15 is 0 Å². The first kappa shape index (κ1) is 8.79. The molecule has 1 aromatic rings. The lowest BCUT2D eigenvalue weighted by molar-refractivity contribution is 0.788. The van der Waals surface area contributed by atoms with Crippen LogP contribution in [0.2, 0.25) is 0 Å². The van der Waals surface area contributed by atoms with E-state index in [1.807, 2.05) is 0 Å². The molecule has 1 unspecified atom stereocenters. The Bertz CT molecular complexity index is 193. The minimum atomic E-state index is 0.536. The van der Waals surface area contributed by atoms with Crippen LogP contribution >= 0.6 is 15.9 Å². The highest BCUT2D eigenvalue weighted by molar-refractivity contribution is 9.09. The van der Waals surface area contributed by atoms with E-state index in [9.17, 15) is 0 Å². The van der Waals surface area contributed by atoms with Gasteiger partial charge in [-0.05, 0) is 12.0 Å². The summed E-state index contributed by atoms with van der Waals surface area (Å²) in [5.74, 6) is 0. The van der Waals surface area contributed by atoms with E-state index in [0.717, 1.165) is 0 Å². The molecule has 60 valence electrons. The Hall–Kier alpha value is -0.300. The first-order chi connectivity index (χ1) is 5.34. The molecule has 0 nitrogen and oxygen atoms in total. The highest BCUT2D eigenvalue weighted by atomic mass is 79.9. The van der Waals surface area contributed by atoms with Crippen LogP contribution in [0.5, 0.6) is 0 Å². The van der Waals surface area contributed by atoms with Crippen molar-refractivity contribution in [3.05, 3.63) is 35.9 Å². The summed E-state index contributed by atoms with van der Waals surface area (Å²) in [6.45, 7) is 2.21. The van der Waals surface area contributed by atoms with Crippen molar-refractivity contribution in [1.82, 2.24) is 0 Å². The van der Waals surface area contributed by atoms with Gasteiger partial charge in [-0.1, -0.05) is 59.6 Å². The van der Waals surface area contributed by atoms with Gasteiger partial charge >= 0.3 is 0 Å². The summed E-state index contributed by atoms with van der Waals surface area (Å²) in [5, 5.41) is 0. The van der Waals surface area contributed by atoms with Crippen LogP contribution in [0.3, 0.4) is 0 Å². The lowest BCUT2D eigenvalue weighted by Crippen LogP contribution is -1.87. The zero-order valence-electron chi connectivity index (χ0n) is 6.76. The fourth-order valence-electron chi connectivity index (χ4n) is 1.08. The third-order valence-corrected chi connectivity index (χ3v) is 2.69. The molecule has 11 heavy (non-hydrogen) atoms. The molecule has 1 rings (SSSR count). The fourth-order valence-corrected chi connectivity index (χ4v) is 1.85. The Morgan fingerprint density at radius 2 is 1.91 bits per heavy atom. The summed E-state index contributed by atoms with van der Waals surface area (Å²) in [7, 11) is 0. The monoisotopic (exact) mass is 212 g/mol. The average molecular weight is 213 g/mol. The van der Waals surface area contributed by atoms with Gasteiger partial charge in [0.2, 0.25) is 0 Å². The van der Waals surface area contributed by atoms with Crippen LogP contribution in [0.1, 0.15) is 30.2 Å². The maximum Gasteiger partial charge on any atom is 0.0395 e. The van der Waals surface area contributed by atoms with Crippen molar-refractivity contribution in [2.45, 2.75) is 24.6 Å². The second-order valence-electron chi connectivity index (χ2n) is 2.67. The third kappa shape index (κ3) is 2.66. The quantitative estimate of drug-likeness (QED) is 0.667. The van der Waals surface area contributed by atoms with Crippen LogP contribution in [0.25, 0.3) is 0 Å². The normalized spacial score (nSPS) is 12.9. The van der Waals surface area contributed by atoms with Crippen LogP contribution in [0, 0.1) is 0 Å². The van der Waals surface area contributed by atoms with Crippen molar-refractivity contribution in [2.24, 2.45) is 0 Å². The Morgan fingerprint density at radius 3 is 2.45 bits per heavy atom. The average Bonchev–Trinajstić information content (AvgIpc) is 2.07. The van der Waals surface area contributed by atoms with E-state index in [1.165, 1.54) is 18.4 Å². The van der Waals surface area contributed by atoms with E-state index in [1.54, 1.807) is 0 Å². The predicted octanol–water partition coefficient (Wildman–Crippen LogP) is 3.92. The van der Waals surface area contributed by atoms with E-state index in [4.69, 9.17) is 0 Å². The van der Waals surface area contributed by atoms with Crippen molar-refractivity contribution < 1.29 is 0 Å². The van der Waals surface area contributed by atoms with E-state index < -0.39 is 0 Å². The van der Waals surface area contributed by atoms with Gasteiger partial charge in [0.15, 0.2) is 0 Å². The molecule has 0 saturated heterocycles. The number of alkyl halides is 1. The Morgan fingerprint density at radius 1 is 1.27 bits per heavy atom. The Kier molecular flexibility index (Phi) is 3.64. The minimum Gasteiger partial charge on any atom is -0.0839 e. The largest absolute Gasteiger partial charge is 0.0839 e. The molecule has 0 heterocycles. The summed E-state index contributed by atoms with van der Waals surface area (Å²) in [6.07, 6.45) is 2.44. The number of benzene rings is 1. The minimum absolute atomic E-state index is 0.536. The Labute approximate surface area is 76.8 Å². The highest BCUT2D eigenvalue weighted by Gasteiger charge is 2.03. The standard InChI is InChI=1S/C10H13Br/c1-2-6-10(11)9-7-4-3-5-8-9/h3-5,7-8,10H,2,6H2,1H3. The molecule has 0 fully saturated rings. The molecule has 0 aliphatic heterocycles. The second-order valence-corrected chi connectivity index (χ2v) is 3.77. The Balaban J connectivity index is 2.61. The summed E-state index contributed by atoms with van der Waals surface area (Å²) >= 11 is 3.65. The van der Waals surface area contributed by atoms with Crippen molar-refractivity contribution in [1.29, 1.82) is 0 Å². The van der Waals surface area contributed by atoms with Gasteiger partial charge in [-0.25, -0.2) is 0 Å². The van der Waals surface area contributed by atoms with E-state index in [0.29, 0.717) is 4.83 Å². The van der Waals surface area contributed by atoms with Crippen LogP contribution in [0.4, 0.5) is 0 Å². The molecule has 1 aromatic carbocycles. The first-order valence-electron chi connectivity index (χ1n) is 4.03. The smallest absolute Gasteiger partial charge is 0.0395 e. The third-order valence-electron chi connectivity index (χ3n) is 1.70. The first-order valence-corrected chi connectivity index (χ1v) is 4.95. The molecule has 0 N–H and O–H groups in total.